The average Bonchev–Trinajstić information content (AvgIpc) is 3.02. The molecule has 0 bridgehead atoms. The van der Waals surface area contributed by atoms with Gasteiger partial charge in [0, 0.05) is 12.6 Å². The molecule has 0 aliphatic carbocycles. The van der Waals surface area contributed by atoms with Crippen molar-refractivity contribution in [2.75, 3.05) is 19.6 Å². The Kier molecular flexibility index (Phi) is 6.70. The molecular weight excluding hydrogens is 262 g/mol. The molecule has 4 N–H and O–H groups in total. The molecule has 1 unspecified atom stereocenters. The van der Waals surface area contributed by atoms with Crippen molar-refractivity contribution in [1.82, 2.24) is 10.6 Å². The molecule has 4 heteroatoms. The van der Waals surface area contributed by atoms with E-state index < -0.39 is 0 Å². The standard InChI is InChI=1S/C17H27N3O/c18-10-4-1-5-11-20-17(21)13-14-7-2-3-8-15(14)16-9-6-12-19-16/h2-3,7-8,16,19H,1,4-6,9-13,18H2,(H,20,21). The first-order valence-corrected chi connectivity index (χ1v) is 8.09. The van der Waals surface area contributed by atoms with Crippen LogP contribution in [-0.2, 0) is 11.2 Å². The molecule has 1 aromatic carbocycles. The van der Waals surface area contributed by atoms with Crippen molar-refractivity contribution in [2.24, 2.45) is 5.73 Å². The SMILES string of the molecule is NCCCCCNC(=O)Cc1ccccc1C1CCCN1. The van der Waals surface area contributed by atoms with Gasteiger partial charge in [-0.1, -0.05) is 30.7 Å². The largest absolute Gasteiger partial charge is 0.356 e. The number of carbonyl (C=O) groups is 1. The summed E-state index contributed by atoms with van der Waals surface area (Å²) in [6.07, 6.45) is 5.98. The van der Waals surface area contributed by atoms with Gasteiger partial charge < -0.3 is 16.4 Å². The molecule has 1 fully saturated rings. The van der Waals surface area contributed by atoms with E-state index in [1.165, 1.54) is 12.0 Å². The Balaban J connectivity index is 1.83. The van der Waals surface area contributed by atoms with Gasteiger partial charge >= 0.3 is 0 Å². The number of carbonyl (C=O) groups excluding carboxylic acids is 1. The van der Waals surface area contributed by atoms with Gasteiger partial charge in [0.2, 0.25) is 5.91 Å². The first-order valence-electron chi connectivity index (χ1n) is 8.09. The van der Waals surface area contributed by atoms with Crippen LogP contribution in [0.3, 0.4) is 0 Å². The molecule has 1 amide bonds. The van der Waals surface area contributed by atoms with Crippen LogP contribution in [0.2, 0.25) is 0 Å². The van der Waals surface area contributed by atoms with Crippen molar-refractivity contribution in [2.45, 2.75) is 44.6 Å². The molecule has 1 heterocycles. The number of benzene rings is 1. The number of rotatable bonds is 8. The van der Waals surface area contributed by atoms with E-state index in [1.54, 1.807) is 0 Å². The smallest absolute Gasteiger partial charge is 0.224 e. The highest BCUT2D eigenvalue weighted by atomic mass is 16.1. The van der Waals surface area contributed by atoms with Crippen LogP contribution in [-0.4, -0.2) is 25.5 Å². The topological polar surface area (TPSA) is 67.1 Å². The zero-order valence-electron chi connectivity index (χ0n) is 12.7. The number of nitrogens with two attached hydrogens (primary N) is 1. The molecule has 1 saturated heterocycles. The maximum atomic E-state index is 12.1. The number of unbranched alkanes of at least 4 members (excludes halogenated alkanes) is 2. The van der Waals surface area contributed by atoms with Gasteiger partial charge in [-0.25, -0.2) is 0 Å². The Hall–Kier alpha value is -1.39. The summed E-state index contributed by atoms with van der Waals surface area (Å²) in [6, 6.07) is 8.71. The van der Waals surface area contributed by atoms with E-state index in [1.807, 2.05) is 6.07 Å². The molecule has 0 saturated carbocycles. The maximum absolute atomic E-state index is 12.1. The molecule has 1 aliphatic heterocycles. The summed E-state index contributed by atoms with van der Waals surface area (Å²) in [7, 11) is 0. The van der Waals surface area contributed by atoms with Gasteiger partial charge in [-0.15, -0.1) is 0 Å². The second kappa shape index (κ2) is 8.80. The molecule has 21 heavy (non-hydrogen) atoms. The average molecular weight is 289 g/mol. The lowest BCUT2D eigenvalue weighted by Gasteiger charge is -2.15. The normalized spacial score (nSPS) is 17.9. The number of nitrogens with one attached hydrogen (secondary N) is 2. The molecule has 0 spiro atoms. The Labute approximate surface area is 127 Å². The molecule has 2 rings (SSSR count). The number of amides is 1. The van der Waals surface area contributed by atoms with Crippen LogP contribution in [0.4, 0.5) is 0 Å². The van der Waals surface area contributed by atoms with Crippen LogP contribution in [0.1, 0.15) is 49.3 Å². The van der Waals surface area contributed by atoms with Gasteiger partial charge in [-0.3, -0.25) is 4.79 Å². The Morgan fingerprint density at radius 1 is 1.29 bits per heavy atom. The molecule has 116 valence electrons. The maximum Gasteiger partial charge on any atom is 0.224 e. The third kappa shape index (κ3) is 5.14. The van der Waals surface area contributed by atoms with Gasteiger partial charge in [0.05, 0.1) is 6.42 Å². The fourth-order valence-corrected chi connectivity index (χ4v) is 2.89. The first kappa shape index (κ1) is 16.0. The molecule has 1 atom stereocenters. The van der Waals surface area contributed by atoms with Crippen LogP contribution in [0.5, 0.6) is 0 Å². The minimum Gasteiger partial charge on any atom is -0.356 e. The fraction of sp³-hybridized carbons (Fsp3) is 0.588. The van der Waals surface area contributed by atoms with Crippen LogP contribution in [0, 0.1) is 0 Å². The minimum absolute atomic E-state index is 0.119. The summed E-state index contributed by atoms with van der Waals surface area (Å²) < 4.78 is 0. The van der Waals surface area contributed by atoms with Crippen molar-refractivity contribution in [3.63, 3.8) is 0 Å². The second-order valence-corrected chi connectivity index (χ2v) is 5.72. The predicted molar refractivity (Wildman–Crippen MR) is 86.0 cm³/mol. The van der Waals surface area contributed by atoms with Crippen molar-refractivity contribution in [3.8, 4) is 0 Å². The van der Waals surface area contributed by atoms with E-state index in [0.717, 1.165) is 50.9 Å². The third-order valence-electron chi connectivity index (χ3n) is 4.04. The van der Waals surface area contributed by atoms with Crippen LogP contribution in [0.25, 0.3) is 0 Å². The second-order valence-electron chi connectivity index (χ2n) is 5.72. The summed E-state index contributed by atoms with van der Waals surface area (Å²) in [6.45, 7) is 2.56. The van der Waals surface area contributed by atoms with E-state index in [4.69, 9.17) is 5.73 Å². The van der Waals surface area contributed by atoms with Crippen molar-refractivity contribution >= 4 is 5.91 Å². The van der Waals surface area contributed by atoms with E-state index >= 15 is 0 Å². The van der Waals surface area contributed by atoms with Crippen LogP contribution in [0.15, 0.2) is 24.3 Å². The Morgan fingerprint density at radius 2 is 2.14 bits per heavy atom. The zero-order valence-corrected chi connectivity index (χ0v) is 12.7. The lowest BCUT2D eigenvalue weighted by Crippen LogP contribution is -2.27. The van der Waals surface area contributed by atoms with Gasteiger partial charge in [-0.05, 0) is 49.9 Å². The van der Waals surface area contributed by atoms with Crippen LogP contribution >= 0.6 is 0 Å². The summed E-state index contributed by atoms with van der Waals surface area (Å²) in [5.74, 6) is 0.119. The Bertz CT molecular complexity index is 441. The Morgan fingerprint density at radius 3 is 2.90 bits per heavy atom. The highest BCUT2D eigenvalue weighted by Gasteiger charge is 2.19. The number of hydrogen-bond donors (Lipinski definition) is 3. The monoisotopic (exact) mass is 289 g/mol. The fourth-order valence-electron chi connectivity index (χ4n) is 2.89. The third-order valence-corrected chi connectivity index (χ3v) is 4.04. The van der Waals surface area contributed by atoms with Crippen molar-refractivity contribution in [3.05, 3.63) is 35.4 Å². The summed E-state index contributed by atoms with van der Waals surface area (Å²) in [5, 5.41) is 6.52. The van der Waals surface area contributed by atoms with Gasteiger partial charge in [0.1, 0.15) is 0 Å². The molecular formula is C17H27N3O. The molecule has 4 nitrogen and oxygen atoms in total. The van der Waals surface area contributed by atoms with E-state index in [0.29, 0.717) is 12.5 Å². The van der Waals surface area contributed by atoms with Gasteiger partial charge in [0.25, 0.3) is 0 Å². The minimum atomic E-state index is 0.119. The molecule has 1 aromatic rings. The first-order chi connectivity index (χ1) is 10.3. The molecule has 0 radical (unpaired) electrons. The highest BCUT2D eigenvalue weighted by Crippen LogP contribution is 2.26. The molecule has 1 aliphatic rings. The van der Waals surface area contributed by atoms with Gasteiger partial charge in [-0.2, -0.15) is 0 Å². The van der Waals surface area contributed by atoms with Crippen LogP contribution < -0.4 is 16.4 Å². The predicted octanol–water partition coefficient (Wildman–Crippen LogP) is 1.90. The summed E-state index contributed by atoms with van der Waals surface area (Å²) in [4.78, 5) is 12.1. The zero-order chi connectivity index (χ0) is 14.9. The van der Waals surface area contributed by atoms with E-state index in [2.05, 4.69) is 28.8 Å². The summed E-state index contributed by atoms with van der Waals surface area (Å²) in [5.41, 5.74) is 7.89. The lowest BCUT2D eigenvalue weighted by molar-refractivity contribution is -0.120. The van der Waals surface area contributed by atoms with Gasteiger partial charge in [0.15, 0.2) is 0 Å². The van der Waals surface area contributed by atoms with Crippen molar-refractivity contribution < 1.29 is 4.79 Å². The molecule has 0 aromatic heterocycles. The quantitative estimate of drug-likeness (QED) is 0.640. The number of hydrogen-bond acceptors (Lipinski definition) is 3. The van der Waals surface area contributed by atoms with E-state index in [9.17, 15) is 4.79 Å². The van der Waals surface area contributed by atoms with Crippen molar-refractivity contribution in [1.29, 1.82) is 0 Å². The lowest BCUT2D eigenvalue weighted by atomic mass is 9.97. The van der Waals surface area contributed by atoms with E-state index in [-0.39, 0.29) is 5.91 Å². The summed E-state index contributed by atoms with van der Waals surface area (Å²) >= 11 is 0. The highest BCUT2D eigenvalue weighted by molar-refractivity contribution is 5.78.